The topological polar surface area (TPSA) is 74.8 Å². The normalized spacial score (nSPS) is 11.4. The Bertz CT molecular complexity index is 633. The van der Waals surface area contributed by atoms with Gasteiger partial charge in [-0.3, -0.25) is 9.82 Å². The Labute approximate surface area is 106 Å². The number of sulfonamides is 1. The lowest BCUT2D eigenvalue weighted by Crippen LogP contribution is -2.15. The molecule has 0 aliphatic heterocycles. The van der Waals surface area contributed by atoms with Gasteiger partial charge in [0.2, 0.25) is 0 Å². The van der Waals surface area contributed by atoms with Gasteiger partial charge in [-0.1, -0.05) is 25.1 Å². The van der Waals surface area contributed by atoms with E-state index in [0.29, 0.717) is 5.69 Å². The zero-order valence-corrected chi connectivity index (χ0v) is 11.1. The zero-order chi connectivity index (χ0) is 13.2. The molecule has 0 aliphatic carbocycles. The molecular weight excluding hydrogens is 250 g/mol. The van der Waals surface area contributed by atoms with Gasteiger partial charge in [0.1, 0.15) is 0 Å². The molecule has 0 unspecified atom stereocenters. The average molecular weight is 265 g/mol. The summed E-state index contributed by atoms with van der Waals surface area (Å²) in [6, 6.07) is 7.14. The number of anilines is 1. The number of rotatable bonds is 4. The van der Waals surface area contributed by atoms with Gasteiger partial charge in [0.25, 0.3) is 10.0 Å². The molecule has 0 spiro atoms. The van der Waals surface area contributed by atoms with E-state index in [1.54, 1.807) is 0 Å². The SMILES string of the molecule is CCc1cccc(C)c1NS(=O)(=O)c1ccn[nH]1. The lowest BCUT2D eigenvalue weighted by molar-refractivity contribution is 0.597. The van der Waals surface area contributed by atoms with Crippen LogP contribution >= 0.6 is 0 Å². The van der Waals surface area contributed by atoms with Gasteiger partial charge in [0.15, 0.2) is 5.03 Å². The van der Waals surface area contributed by atoms with Crippen molar-refractivity contribution in [2.45, 2.75) is 25.3 Å². The maximum atomic E-state index is 12.1. The van der Waals surface area contributed by atoms with Crippen LogP contribution in [0.4, 0.5) is 5.69 Å². The van der Waals surface area contributed by atoms with Crippen LogP contribution in [0, 0.1) is 6.92 Å². The van der Waals surface area contributed by atoms with Gasteiger partial charge < -0.3 is 0 Å². The second-order valence-corrected chi connectivity index (χ2v) is 5.64. The number of benzene rings is 1. The number of para-hydroxylation sites is 1. The Morgan fingerprint density at radius 3 is 2.72 bits per heavy atom. The van der Waals surface area contributed by atoms with Gasteiger partial charge in [0, 0.05) is 0 Å². The zero-order valence-electron chi connectivity index (χ0n) is 10.3. The predicted molar refractivity (Wildman–Crippen MR) is 70.0 cm³/mol. The van der Waals surface area contributed by atoms with Crippen molar-refractivity contribution in [3.8, 4) is 0 Å². The molecule has 0 saturated carbocycles. The van der Waals surface area contributed by atoms with Crippen molar-refractivity contribution in [1.82, 2.24) is 10.2 Å². The number of aromatic nitrogens is 2. The Hall–Kier alpha value is -1.82. The van der Waals surface area contributed by atoms with Crippen LogP contribution in [0.3, 0.4) is 0 Å². The number of aromatic amines is 1. The van der Waals surface area contributed by atoms with Gasteiger partial charge in [-0.15, -0.1) is 0 Å². The Balaban J connectivity index is 2.41. The highest BCUT2D eigenvalue weighted by atomic mass is 32.2. The Morgan fingerprint density at radius 1 is 1.33 bits per heavy atom. The summed E-state index contributed by atoms with van der Waals surface area (Å²) < 4.78 is 26.8. The summed E-state index contributed by atoms with van der Waals surface area (Å²) in [6.45, 7) is 3.87. The van der Waals surface area contributed by atoms with Crippen LogP contribution in [-0.2, 0) is 16.4 Å². The van der Waals surface area contributed by atoms with E-state index in [-0.39, 0.29) is 5.03 Å². The fourth-order valence-corrected chi connectivity index (χ4v) is 2.83. The molecule has 0 radical (unpaired) electrons. The minimum Gasteiger partial charge on any atom is -0.278 e. The molecule has 2 rings (SSSR count). The second-order valence-electron chi connectivity index (χ2n) is 3.99. The van der Waals surface area contributed by atoms with Crippen LogP contribution in [0.5, 0.6) is 0 Å². The molecule has 1 heterocycles. The van der Waals surface area contributed by atoms with Crippen molar-refractivity contribution in [3.63, 3.8) is 0 Å². The first-order valence-corrected chi connectivity index (χ1v) is 7.13. The highest BCUT2D eigenvalue weighted by Gasteiger charge is 2.17. The van der Waals surface area contributed by atoms with Crippen LogP contribution in [0.2, 0.25) is 0 Å². The van der Waals surface area contributed by atoms with E-state index in [1.165, 1.54) is 12.3 Å². The third-order valence-electron chi connectivity index (χ3n) is 2.74. The summed E-state index contributed by atoms with van der Waals surface area (Å²) in [4.78, 5) is 0. The molecule has 0 atom stereocenters. The van der Waals surface area contributed by atoms with E-state index < -0.39 is 10.0 Å². The predicted octanol–water partition coefficient (Wildman–Crippen LogP) is 2.08. The van der Waals surface area contributed by atoms with Crippen molar-refractivity contribution >= 4 is 15.7 Å². The summed E-state index contributed by atoms with van der Waals surface area (Å²) in [5, 5.41) is 6.17. The third-order valence-corrected chi connectivity index (χ3v) is 4.02. The van der Waals surface area contributed by atoms with E-state index in [4.69, 9.17) is 0 Å². The summed E-state index contributed by atoms with van der Waals surface area (Å²) >= 11 is 0. The molecule has 6 heteroatoms. The van der Waals surface area contributed by atoms with Crippen molar-refractivity contribution in [1.29, 1.82) is 0 Å². The number of nitrogens with one attached hydrogen (secondary N) is 2. The molecule has 0 fully saturated rings. The third kappa shape index (κ3) is 2.38. The Morgan fingerprint density at radius 2 is 2.11 bits per heavy atom. The molecule has 0 bridgehead atoms. The highest BCUT2D eigenvalue weighted by Crippen LogP contribution is 2.23. The van der Waals surface area contributed by atoms with Gasteiger partial charge in [0.05, 0.1) is 11.9 Å². The van der Waals surface area contributed by atoms with E-state index in [1.807, 2.05) is 32.0 Å². The van der Waals surface area contributed by atoms with E-state index in [9.17, 15) is 8.42 Å². The highest BCUT2D eigenvalue weighted by molar-refractivity contribution is 7.92. The largest absolute Gasteiger partial charge is 0.278 e. The maximum absolute atomic E-state index is 12.1. The van der Waals surface area contributed by atoms with Crippen LogP contribution < -0.4 is 4.72 Å². The standard InChI is InChI=1S/C12H15N3O2S/c1-3-10-6-4-5-9(2)12(10)15-18(16,17)11-7-8-13-14-11/h4-8,15H,3H2,1-2H3,(H,13,14). The maximum Gasteiger partial charge on any atom is 0.278 e. The van der Waals surface area contributed by atoms with Gasteiger partial charge in [-0.25, -0.2) is 0 Å². The molecule has 0 aliphatic rings. The number of hydrogen-bond acceptors (Lipinski definition) is 3. The summed E-state index contributed by atoms with van der Waals surface area (Å²) in [7, 11) is -3.59. The molecule has 2 aromatic rings. The fraction of sp³-hybridized carbons (Fsp3) is 0.250. The van der Waals surface area contributed by atoms with Crippen molar-refractivity contribution in [2.24, 2.45) is 0 Å². The quantitative estimate of drug-likeness (QED) is 0.888. The van der Waals surface area contributed by atoms with E-state index in [2.05, 4.69) is 14.9 Å². The minimum absolute atomic E-state index is 0.0628. The Kier molecular flexibility index (Phi) is 3.38. The number of hydrogen-bond donors (Lipinski definition) is 2. The van der Waals surface area contributed by atoms with Crippen molar-refractivity contribution < 1.29 is 8.42 Å². The summed E-state index contributed by atoms with van der Waals surface area (Å²) in [6.07, 6.45) is 2.18. The molecule has 96 valence electrons. The molecule has 0 saturated heterocycles. The van der Waals surface area contributed by atoms with Crippen LogP contribution in [0.25, 0.3) is 0 Å². The lowest BCUT2D eigenvalue weighted by Gasteiger charge is -2.13. The fourth-order valence-electron chi connectivity index (χ4n) is 1.75. The van der Waals surface area contributed by atoms with Gasteiger partial charge in [-0.05, 0) is 30.5 Å². The first-order chi connectivity index (χ1) is 8.54. The van der Waals surface area contributed by atoms with Crippen LogP contribution in [-0.4, -0.2) is 18.6 Å². The smallest absolute Gasteiger partial charge is 0.278 e. The summed E-state index contributed by atoms with van der Waals surface area (Å²) in [5.41, 5.74) is 2.52. The molecule has 0 amide bonds. The van der Waals surface area contributed by atoms with Crippen LogP contribution in [0.1, 0.15) is 18.1 Å². The lowest BCUT2D eigenvalue weighted by atomic mass is 10.1. The molecule has 1 aromatic carbocycles. The first kappa shape index (κ1) is 12.6. The number of nitrogens with zero attached hydrogens (tertiary/aromatic N) is 1. The molecule has 18 heavy (non-hydrogen) atoms. The van der Waals surface area contributed by atoms with Gasteiger partial charge in [-0.2, -0.15) is 13.5 Å². The molecular formula is C12H15N3O2S. The monoisotopic (exact) mass is 265 g/mol. The first-order valence-electron chi connectivity index (χ1n) is 5.65. The van der Waals surface area contributed by atoms with E-state index in [0.717, 1.165) is 17.5 Å². The van der Waals surface area contributed by atoms with Gasteiger partial charge >= 0.3 is 0 Å². The minimum atomic E-state index is -3.59. The number of H-pyrrole nitrogens is 1. The average Bonchev–Trinajstić information content (AvgIpc) is 2.86. The second kappa shape index (κ2) is 4.81. The molecule has 5 nitrogen and oxygen atoms in total. The van der Waals surface area contributed by atoms with Crippen LogP contribution in [0.15, 0.2) is 35.5 Å². The molecule has 2 N–H and O–H groups in total. The van der Waals surface area contributed by atoms with Crippen molar-refractivity contribution in [2.75, 3.05) is 4.72 Å². The van der Waals surface area contributed by atoms with Crippen molar-refractivity contribution in [3.05, 3.63) is 41.6 Å². The number of aryl methyl sites for hydroxylation is 2. The molecule has 1 aromatic heterocycles. The van der Waals surface area contributed by atoms with E-state index >= 15 is 0 Å². The summed E-state index contributed by atoms with van der Waals surface area (Å²) in [5.74, 6) is 0.